The molecular weight excluding hydrogens is 744 g/mol. The van der Waals surface area contributed by atoms with Gasteiger partial charge in [0.15, 0.2) is 0 Å². The number of hydrogen-bond acceptors (Lipinski definition) is 3. The first-order chi connectivity index (χ1) is 29.8. The predicted molar refractivity (Wildman–Crippen MR) is 261 cm³/mol. The molecule has 0 unspecified atom stereocenters. The zero-order chi connectivity index (χ0) is 39.1. The third kappa shape index (κ3) is 4.23. The standard InChI is InChI=1S/C56H33BN2S/c1-2-17-37-35(15-1)36-16-4-6-21-41(36)46-33-34(31-32-42(37)46)58-48-26-11-10-25-47(48)57-54-45-23-9-12-30-52(45)60-56(54)59(51-29-14-28-50(58)55(51)57)49-27-13-24-44-40-19-5-3-18-38(40)39-20-7-8-22-43(39)53(44)49/h1-33H. The first-order valence-electron chi connectivity index (χ1n) is 20.8. The van der Waals surface area contributed by atoms with Crippen LogP contribution in [0.3, 0.4) is 0 Å². The van der Waals surface area contributed by atoms with Gasteiger partial charge in [-0.25, -0.2) is 0 Å². The van der Waals surface area contributed by atoms with Gasteiger partial charge in [0, 0.05) is 32.8 Å². The Balaban J connectivity index is 1.09. The lowest BCUT2D eigenvalue weighted by molar-refractivity contribution is 1.27. The van der Waals surface area contributed by atoms with Gasteiger partial charge in [0.2, 0.25) is 0 Å². The maximum atomic E-state index is 2.62. The summed E-state index contributed by atoms with van der Waals surface area (Å²) in [7, 11) is 0. The molecule has 0 spiro atoms. The summed E-state index contributed by atoms with van der Waals surface area (Å²) in [6.07, 6.45) is 0. The topological polar surface area (TPSA) is 6.48 Å². The lowest BCUT2D eigenvalue weighted by atomic mass is 9.33. The molecule has 1 aromatic heterocycles. The maximum absolute atomic E-state index is 2.62. The van der Waals surface area contributed by atoms with Crippen molar-refractivity contribution in [3.8, 4) is 0 Å². The molecule has 0 aliphatic carbocycles. The second-order valence-electron chi connectivity index (χ2n) is 16.3. The zero-order valence-corrected chi connectivity index (χ0v) is 33.2. The number of hydrogen-bond donors (Lipinski definition) is 0. The summed E-state index contributed by atoms with van der Waals surface area (Å²) in [5.74, 6) is 0. The minimum Gasteiger partial charge on any atom is -0.311 e. The summed E-state index contributed by atoms with van der Waals surface area (Å²) in [4.78, 5) is 5.16. The summed E-state index contributed by atoms with van der Waals surface area (Å²) in [6.45, 7) is 0.0591. The van der Waals surface area contributed by atoms with Crippen LogP contribution in [0.4, 0.5) is 33.4 Å². The van der Waals surface area contributed by atoms with Crippen LogP contribution in [0.25, 0.3) is 74.7 Å². The van der Waals surface area contributed by atoms with Gasteiger partial charge in [0.25, 0.3) is 6.71 Å². The molecule has 11 aromatic carbocycles. The highest BCUT2D eigenvalue weighted by atomic mass is 32.1. The Kier molecular flexibility index (Phi) is 6.55. The molecule has 2 nitrogen and oxygen atoms in total. The van der Waals surface area contributed by atoms with Crippen molar-refractivity contribution in [3.63, 3.8) is 0 Å². The van der Waals surface area contributed by atoms with Crippen molar-refractivity contribution in [3.05, 3.63) is 200 Å². The average Bonchev–Trinajstić information content (AvgIpc) is 3.70. The molecule has 276 valence electrons. The van der Waals surface area contributed by atoms with Gasteiger partial charge in [-0.1, -0.05) is 158 Å². The van der Waals surface area contributed by atoms with Crippen molar-refractivity contribution in [2.45, 2.75) is 0 Å². The first kappa shape index (κ1) is 32.5. The number of para-hydroxylation sites is 1. The lowest BCUT2D eigenvalue weighted by Crippen LogP contribution is -2.61. The van der Waals surface area contributed by atoms with Crippen molar-refractivity contribution in [1.82, 2.24) is 0 Å². The van der Waals surface area contributed by atoms with Gasteiger partial charge in [0.05, 0.1) is 10.7 Å². The molecule has 0 bridgehead atoms. The van der Waals surface area contributed by atoms with E-state index in [1.807, 2.05) is 11.3 Å². The normalized spacial score (nSPS) is 13.2. The van der Waals surface area contributed by atoms with E-state index in [0.717, 1.165) is 5.69 Å². The summed E-state index contributed by atoms with van der Waals surface area (Å²) < 4.78 is 1.31. The van der Waals surface area contributed by atoms with E-state index in [0.29, 0.717) is 0 Å². The largest absolute Gasteiger partial charge is 0.311 e. The lowest BCUT2D eigenvalue weighted by Gasteiger charge is -2.43. The monoisotopic (exact) mass is 776 g/mol. The minimum absolute atomic E-state index is 0.0591. The van der Waals surface area contributed by atoms with E-state index in [1.165, 1.54) is 119 Å². The van der Waals surface area contributed by atoms with Gasteiger partial charge >= 0.3 is 0 Å². The van der Waals surface area contributed by atoms with Crippen molar-refractivity contribution < 1.29 is 0 Å². The van der Waals surface area contributed by atoms with Gasteiger partial charge in [0.1, 0.15) is 0 Å². The number of fused-ring (bicyclic) bond motifs is 18. The quantitative estimate of drug-likeness (QED) is 0.127. The van der Waals surface area contributed by atoms with Crippen LogP contribution in [0.2, 0.25) is 0 Å². The third-order valence-corrected chi connectivity index (χ3v) is 14.6. The molecule has 3 heterocycles. The number of nitrogens with zero attached hydrogens (tertiary/aromatic N) is 2. The molecule has 12 aromatic rings. The van der Waals surface area contributed by atoms with Gasteiger partial charge < -0.3 is 9.80 Å². The van der Waals surface area contributed by atoms with Gasteiger partial charge in [-0.05, 0) is 123 Å². The molecule has 0 saturated carbocycles. The number of anilines is 6. The molecule has 0 radical (unpaired) electrons. The van der Waals surface area contributed by atoms with E-state index < -0.39 is 0 Å². The van der Waals surface area contributed by atoms with E-state index in [9.17, 15) is 0 Å². The SMILES string of the molecule is c1ccc2c(c1)B1c3c(cccc3N(c3cccc4c5ccccc5c5ccccc5c34)c3sc4ccccc4c31)N2c1ccc2c3ccccc3c3ccccc3c2c1. The van der Waals surface area contributed by atoms with Gasteiger partial charge in [-0.15, -0.1) is 11.3 Å². The Hall–Kier alpha value is -7.40. The second kappa shape index (κ2) is 12.1. The highest BCUT2D eigenvalue weighted by Gasteiger charge is 2.45. The number of benzene rings is 11. The molecule has 0 saturated heterocycles. The summed E-state index contributed by atoms with van der Waals surface area (Å²) in [5, 5.41) is 18.0. The van der Waals surface area contributed by atoms with Crippen LogP contribution in [-0.2, 0) is 0 Å². The van der Waals surface area contributed by atoms with Gasteiger partial charge in [-0.2, -0.15) is 0 Å². The van der Waals surface area contributed by atoms with Crippen LogP contribution >= 0.6 is 11.3 Å². The van der Waals surface area contributed by atoms with E-state index in [4.69, 9.17) is 0 Å². The molecule has 2 aliphatic rings. The van der Waals surface area contributed by atoms with E-state index in [2.05, 4.69) is 210 Å². The molecule has 0 atom stereocenters. The minimum atomic E-state index is 0.0591. The average molecular weight is 777 g/mol. The van der Waals surface area contributed by atoms with Crippen LogP contribution < -0.4 is 26.2 Å². The van der Waals surface area contributed by atoms with Crippen molar-refractivity contribution in [1.29, 1.82) is 0 Å². The van der Waals surface area contributed by atoms with Crippen LogP contribution in [0.1, 0.15) is 0 Å². The fourth-order valence-electron chi connectivity index (χ4n) is 11.0. The van der Waals surface area contributed by atoms with Crippen LogP contribution in [0, 0.1) is 0 Å². The molecule has 60 heavy (non-hydrogen) atoms. The molecule has 0 N–H and O–H groups in total. The zero-order valence-electron chi connectivity index (χ0n) is 32.4. The summed E-state index contributed by atoms with van der Waals surface area (Å²) in [6, 6.07) is 74.9. The van der Waals surface area contributed by atoms with Crippen LogP contribution in [0.15, 0.2) is 200 Å². The Morgan fingerprint density at radius 1 is 0.317 bits per heavy atom. The van der Waals surface area contributed by atoms with E-state index in [1.54, 1.807) is 0 Å². The molecule has 0 fully saturated rings. The Morgan fingerprint density at radius 3 is 1.43 bits per heavy atom. The van der Waals surface area contributed by atoms with E-state index >= 15 is 0 Å². The smallest absolute Gasteiger partial charge is 0.254 e. The Morgan fingerprint density at radius 2 is 0.767 bits per heavy atom. The van der Waals surface area contributed by atoms with E-state index in [-0.39, 0.29) is 6.71 Å². The fraction of sp³-hybridized carbons (Fsp3) is 0. The van der Waals surface area contributed by atoms with Crippen molar-refractivity contribution in [2.75, 3.05) is 9.80 Å². The highest BCUT2D eigenvalue weighted by Crippen LogP contribution is 2.51. The molecular formula is C56H33BN2S. The number of rotatable bonds is 2. The van der Waals surface area contributed by atoms with Crippen LogP contribution in [-0.4, -0.2) is 6.71 Å². The molecule has 14 rings (SSSR count). The number of thiophene rings is 1. The summed E-state index contributed by atoms with van der Waals surface area (Å²) >= 11 is 1.92. The van der Waals surface area contributed by atoms with Crippen molar-refractivity contribution >= 4 is 143 Å². The summed E-state index contributed by atoms with van der Waals surface area (Å²) in [5.41, 5.74) is 10.1. The first-order valence-corrected chi connectivity index (χ1v) is 21.6. The Bertz CT molecular complexity index is 3750. The fourth-order valence-corrected chi connectivity index (χ4v) is 12.3. The predicted octanol–water partition coefficient (Wildman–Crippen LogP) is 13.9. The highest BCUT2D eigenvalue weighted by molar-refractivity contribution is 7.26. The van der Waals surface area contributed by atoms with Crippen LogP contribution in [0.5, 0.6) is 0 Å². The van der Waals surface area contributed by atoms with Gasteiger partial charge in [-0.3, -0.25) is 0 Å². The Labute approximate surface area is 350 Å². The second-order valence-corrected chi connectivity index (χ2v) is 17.3. The molecule has 2 aliphatic heterocycles. The van der Waals surface area contributed by atoms with Crippen molar-refractivity contribution in [2.24, 2.45) is 0 Å². The molecule has 4 heteroatoms. The molecule has 0 amide bonds. The third-order valence-electron chi connectivity index (χ3n) is 13.4. The maximum Gasteiger partial charge on any atom is 0.254 e.